The van der Waals surface area contributed by atoms with Gasteiger partial charge in [-0.1, -0.05) is 6.07 Å². The second-order valence-corrected chi connectivity index (χ2v) is 9.37. The molecule has 1 unspecified atom stereocenters. The topological polar surface area (TPSA) is 91.2 Å². The van der Waals surface area contributed by atoms with Gasteiger partial charge in [0.15, 0.2) is 0 Å². The first-order valence-corrected chi connectivity index (χ1v) is 11.3. The van der Waals surface area contributed by atoms with Crippen LogP contribution in [0.3, 0.4) is 0 Å². The van der Waals surface area contributed by atoms with E-state index in [1.165, 1.54) is 17.4 Å². The third kappa shape index (κ3) is 5.05. The van der Waals surface area contributed by atoms with Gasteiger partial charge in [-0.25, -0.2) is 4.79 Å². The van der Waals surface area contributed by atoms with Crippen molar-refractivity contribution in [1.82, 2.24) is 5.32 Å². The van der Waals surface area contributed by atoms with Crippen LogP contribution >= 0.6 is 22.7 Å². The number of anilines is 1. The molecular weight excluding hydrogens is 406 g/mol. The van der Waals surface area contributed by atoms with Crippen molar-refractivity contribution in [2.24, 2.45) is 5.92 Å². The van der Waals surface area contributed by atoms with Gasteiger partial charge in [0.05, 0.1) is 12.2 Å². The molecule has 0 saturated heterocycles. The lowest BCUT2D eigenvalue weighted by molar-refractivity contribution is -0.111. The summed E-state index contributed by atoms with van der Waals surface area (Å²) in [5.41, 5.74) is 1.59. The van der Waals surface area contributed by atoms with Crippen LogP contribution in [-0.4, -0.2) is 24.6 Å². The maximum absolute atomic E-state index is 12.3. The normalized spacial score (nSPS) is 18.1. The molecule has 0 spiro atoms. The van der Waals surface area contributed by atoms with Gasteiger partial charge in [0.2, 0.25) is 5.91 Å². The first kappa shape index (κ1) is 19.7. The van der Waals surface area contributed by atoms with E-state index in [1.807, 2.05) is 17.5 Å². The van der Waals surface area contributed by atoms with Gasteiger partial charge in [-0.15, -0.1) is 22.7 Å². The van der Waals surface area contributed by atoms with Crippen molar-refractivity contribution in [1.29, 1.82) is 5.26 Å². The molecule has 2 heterocycles. The minimum Gasteiger partial charge on any atom is -0.449 e. The average Bonchev–Trinajstić information content (AvgIpc) is 3.24. The van der Waals surface area contributed by atoms with E-state index in [4.69, 9.17) is 4.74 Å². The lowest BCUT2D eigenvalue weighted by atomic mass is 9.88. The predicted octanol–water partition coefficient (Wildman–Crippen LogP) is 4.33. The predicted molar refractivity (Wildman–Crippen MR) is 114 cm³/mol. The molecule has 1 saturated carbocycles. The van der Waals surface area contributed by atoms with Crippen LogP contribution in [-0.2, 0) is 22.4 Å². The number of thiophene rings is 2. The molecule has 1 atom stereocenters. The third-order valence-corrected chi connectivity index (χ3v) is 7.01. The number of hydrogen-bond acceptors (Lipinski definition) is 6. The molecule has 2 amide bonds. The Bertz CT molecular complexity index is 968. The zero-order valence-corrected chi connectivity index (χ0v) is 17.4. The van der Waals surface area contributed by atoms with Crippen LogP contribution in [0.1, 0.15) is 40.1 Å². The van der Waals surface area contributed by atoms with Gasteiger partial charge in [-0.05, 0) is 61.1 Å². The van der Waals surface area contributed by atoms with E-state index < -0.39 is 0 Å². The molecule has 4 rings (SSSR count). The van der Waals surface area contributed by atoms with Crippen LogP contribution in [0.2, 0.25) is 0 Å². The van der Waals surface area contributed by atoms with Crippen molar-refractivity contribution < 1.29 is 14.3 Å². The molecule has 150 valence electrons. The highest BCUT2D eigenvalue weighted by Gasteiger charge is 2.28. The van der Waals surface area contributed by atoms with Crippen LogP contribution in [0.25, 0.3) is 6.08 Å². The Morgan fingerprint density at radius 1 is 1.34 bits per heavy atom. The number of hydrogen-bond donors (Lipinski definition) is 2. The van der Waals surface area contributed by atoms with Gasteiger partial charge in [-0.3, -0.25) is 4.79 Å². The minimum atomic E-state index is -0.340. The fourth-order valence-corrected chi connectivity index (χ4v) is 5.26. The van der Waals surface area contributed by atoms with E-state index in [0.29, 0.717) is 17.2 Å². The highest BCUT2D eigenvalue weighted by Crippen LogP contribution is 2.39. The van der Waals surface area contributed by atoms with Gasteiger partial charge < -0.3 is 15.4 Å². The fourth-order valence-electron chi connectivity index (χ4n) is 3.33. The summed E-state index contributed by atoms with van der Waals surface area (Å²) >= 11 is 3.01. The molecule has 0 radical (unpaired) electrons. The van der Waals surface area contributed by atoms with E-state index in [-0.39, 0.29) is 24.0 Å². The second kappa shape index (κ2) is 8.80. The van der Waals surface area contributed by atoms with Crippen molar-refractivity contribution in [3.8, 4) is 6.07 Å². The Morgan fingerprint density at radius 2 is 2.21 bits per heavy atom. The van der Waals surface area contributed by atoms with Crippen LogP contribution in [0.4, 0.5) is 9.80 Å². The van der Waals surface area contributed by atoms with Crippen molar-refractivity contribution in [3.05, 3.63) is 44.5 Å². The van der Waals surface area contributed by atoms with Gasteiger partial charge >= 0.3 is 6.09 Å². The largest absolute Gasteiger partial charge is 0.449 e. The van der Waals surface area contributed by atoms with E-state index in [9.17, 15) is 14.9 Å². The number of ether oxygens (including phenoxy) is 1. The average molecular weight is 428 g/mol. The van der Waals surface area contributed by atoms with Crippen molar-refractivity contribution in [2.45, 2.75) is 38.1 Å². The summed E-state index contributed by atoms with van der Waals surface area (Å²) in [5.74, 6) is -0.00921. The Labute approximate surface area is 177 Å². The van der Waals surface area contributed by atoms with Gasteiger partial charge in [0, 0.05) is 21.9 Å². The van der Waals surface area contributed by atoms with Crippen LogP contribution < -0.4 is 10.6 Å². The minimum absolute atomic E-state index is 0.236. The molecule has 8 heteroatoms. The molecule has 1 fully saturated rings. The lowest BCUT2D eigenvalue weighted by Gasteiger charge is -2.21. The number of nitrogens with zero attached hydrogens (tertiary/aromatic N) is 1. The second-order valence-electron chi connectivity index (χ2n) is 7.28. The number of carbonyl (C=O) groups is 2. The molecule has 6 nitrogen and oxygen atoms in total. The molecule has 29 heavy (non-hydrogen) atoms. The first-order valence-electron chi connectivity index (χ1n) is 9.63. The zero-order valence-electron chi connectivity index (χ0n) is 15.8. The van der Waals surface area contributed by atoms with Crippen molar-refractivity contribution in [3.63, 3.8) is 0 Å². The number of carbonyl (C=O) groups excluding carboxylic acids is 2. The molecule has 0 aliphatic heterocycles. The number of alkyl carbamates (subject to hydrolysis) is 1. The highest BCUT2D eigenvalue weighted by atomic mass is 32.1. The molecule has 2 aliphatic rings. The van der Waals surface area contributed by atoms with E-state index >= 15 is 0 Å². The Kier molecular flexibility index (Phi) is 5.97. The third-order valence-electron chi connectivity index (χ3n) is 5.01. The van der Waals surface area contributed by atoms with E-state index in [0.717, 1.165) is 47.4 Å². The summed E-state index contributed by atoms with van der Waals surface area (Å²) in [6.07, 6.45) is 7.35. The Hall–Kier alpha value is -2.63. The SMILES string of the molecule is N#Cc1c(NC(=O)/C=C/c2cccs2)sc2c1CCC(COC(=O)NC1CC1)C2. The van der Waals surface area contributed by atoms with Gasteiger partial charge in [-0.2, -0.15) is 5.26 Å². The molecule has 2 aliphatic carbocycles. The molecule has 0 aromatic carbocycles. The first-order chi connectivity index (χ1) is 14.1. The van der Waals surface area contributed by atoms with Gasteiger partial charge in [0.1, 0.15) is 11.1 Å². The number of amides is 2. The van der Waals surface area contributed by atoms with Crippen molar-refractivity contribution in [2.75, 3.05) is 11.9 Å². The molecule has 2 aromatic rings. The number of nitrogens with one attached hydrogen (secondary N) is 2. The maximum Gasteiger partial charge on any atom is 0.407 e. The smallest absolute Gasteiger partial charge is 0.407 e. The summed E-state index contributed by atoms with van der Waals surface area (Å²) in [6.45, 7) is 0.378. The monoisotopic (exact) mass is 427 g/mol. The number of fused-ring (bicyclic) bond motifs is 1. The van der Waals surface area contributed by atoms with Gasteiger partial charge in [0.25, 0.3) is 0 Å². The summed E-state index contributed by atoms with van der Waals surface area (Å²) in [6, 6.07) is 6.40. The van der Waals surface area contributed by atoms with Crippen LogP contribution in [0.5, 0.6) is 0 Å². The number of rotatable bonds is 6. The maximum atomic E-state index is 12.3. The molecule has 2 N–H and O–H groups in total. The summed E-state index contributed by atoms with van der Waals surface area (Å²) < 4.78 is 5.35. The van der Waals surface area contributed by atoms with E-state index in [1.54, 1.807) is 17.4 Å². The highest BCUT2D eigenvalue weighted by molar-refractivity contribution is 7.16. The Balaban J connectivity index is 1.37. The zero-order chi connectivity index (χ0) is 20.2. The summed E-state index contributed by atoms with van der Waals surface area (Å²) in [4.78, 5) is 26.1. The Morgan fingerprint density at radius 3 is 2.93 bits per heavy atom. The molecule has 2 aromatic heterocycles. The lowest BCUT2D eigenvalue weighted by Crippen LogP contribution is -2.29. The van der Waals surface area contributed by atoms with Crippen LogP contribution in [0.15, 0.2) is 23.6 Å². The standard InChI is InChI=1S/C21H21N3O3S2/c22-11-17-16-7-3-13(12-27-21(26)23-14-4-5-14)10-18(16)29-20(17)24-19(25)8-6-15-2-1-9-28-15/h1-2,6,8-9,13-14H,3-5,7,10,12H2,(H,23,26)(H,24,25)/b8-6+. The summed E-state index contributed by atoms with van der Waals surface area (Å²) in [5, 5.41) is 17.8. The molecule has 0 bridgehead atoms. The summed E-state index contributed by atoms with van der Waals surface area (Å²) in [7, 11) is 0. The molecular formula is C21H21N3O3S2. The van der Waals surface area contributed by atoms with E-state index in [2.05, 4.69) is 16.7 Å². The van der Waals surface area contributed by atoms with Crippen LogP contribution in [0, 0.1) is 17.2 Å². The quantitative estimate of drug-likeness (QED) is 0.672. The number of nitriles is 1. The van der Waals surface area contributed by atoms with Crippen molar-refractivity contribution >= 4 is 45.8 Å². The fraction of sp³-hybridized carbons (Fsp3) is 0.381.